The molecule has 0 bridgehead atoms. The minimum Gasteiger partial charge on any atom is -0.494 e. The largest absolute Gasteiger partial charge is 0.494 e. The number of hydrogen-bond donors (Lipinski definition) is 0. The molecule has 2 amide bonds. The first kappa shape index (κ1) is 19.0. The van der Waals surface area contributed by atoms with E-state index in [-0.39, 0.29) is 11.8 Å². The molecule has 142 valence electrons. The van der Waals surface area contributed by atoms with Crippen LogP contribution in [0.2, 0.25) is 0 Å². The van der Waals surface area contributed by atoms with E-state index in [1.807, 2.05) is 67.3 Å². The van der Waals surface area contributed by atoms with Gasteiger partial charge >= 0.3 is 0 Å². The Hall–Kier alpha value is -2.82. The lowest BCUT2D eigenvalue weighted by atomic mass is 10.1. The van der Waals surface area contributed by atoms with Crippen LogP contribution in [-0.4, -0.2) is 32.0 Å². The van der Waals surface area contributed by atoms with Crippen molar-refractivity contribution in [2.75, 3.05) is 29.5 Å². The highest BCUT2D eigenvalue weighted by molar-refractivity contribution is 6.02. The summed E-state index contributed by atoms with van der Waals surface area (Å²) in [6, 6.07) is 15.6. The number of para-hydroxylation sites is 2. The predicted octanol–water partition coefficient (Wildman–Crippen LogP) is 3.80. The second-order valence-electron chi connectivity index (χ2n) is 7.01. The monoisotopic (exact) mass is 366 g/mol. The average Bonchev–Trinajstić information content (AvgIpc) is 2.77. The first-order valence-corrected chi connectivity index (χ1v) is 9.42. The first-order valence-electron chi connectivity index (χ1n) is 9.42. The molecule has 0 aromatic heterocycles. The maximum atomic E-state index is 12.8. The van der Waals surface area contributed by atoms with Gasteiger partial charge in [0.25, 0.3) is 0 Å². The van der Waals surface area contributed by atoms with Crippen LogP contribution in [0.15, 0.2) is 48.5 Å². The van der Waals surface area contributed by atoms with Gasteiger partial charge in [0.1, 0.15) is 5.75 Å². The summed E-state index contributed by atoms with van der Waals surface area (Å²) in [5.41, 5.74) is 2.77. The first-order chi connectivity index (χ1) is 13.1. The molecule has 2 aromatic carbocycles. The number of nitrogens with zero attached hydrogens (tertiary/aromatic N) is 2. The molecular formula is C22H26N2O3. The summed E-state index contributed by atoms with van der Waals surface area (Å²) in [6.45, 7) is 5.55. The molecule has 0 aliphatic carbocycles. The molecule has 5 heteroatoms. The molecule has 1 atom stereocenters. The molecule has 27 heavy (non-hydrogen) atoms. The van der Waals surface area contributed by atoms with E-state index >= 15 is 0 Å². The highest BCUT2D eigenvalue weighted by Crippen LogP contribution is 2.33. The molecule has 0 saturated carbocycles. The normalized spacial score (nSPS) is 16.7. The van der Waals surface area contributed by atoms with Crippen molar-refractivity contribution in [3.8, 4) is 5.75 Å². The summed E-state index contributed by atoms with van der Waals surface area (Å²) in [5, 5.41) is 0. The van der Waals surface area contributed by atoms with E-state index in [1.54, 1.807) is 4.90 Å². The Balaban J connectivity index is 1.62. The summed E-state index contributed by atoms with van der Waals surface area (Å²) in [4.78, 5) is 27.8. The van der Waals surface area contributed by atoms with Crippen LogP contribution in [0.5, 0.6) is 5.75 Å². The number of benzene rings is 2. The van der Waals surface area contributed by atoms with Gasteiger partial charge in [-0.25, -0.2) is 0 Å². The molecule has 2 aromatic rings. The van der Waals surface area contributed by atoms with Crippen LogP contribution < -0.4 is 14.5 Å². The van der Waals surface area contributed by atoms with Crippen LogP contribution in [-0.2, 0) is 9.59 Å². The Morgan fingerprint density at radius 3 is 2.63 bits per heavy atom. The van der Waals surface area contributed by atoms with Crippen molar-refractivity contribution < 1.29 is 14.3 Å². The molecule has 1 unspecified atom stereocenters. The Bertz CT molecular complexity index is 806. The predicted molar refractivity (Wildman–Crippen MR) is 107 cm³/mol. The van der Waals surface area contributed by atoms with Crippen LogP contribution >= 0.6 is 0 Å². The van der Waals surface area contributed by atoms with Crippen LogP contribution in [0.3, 0.4) is 0 Å². The summed E-state index contributed by atoms with van der Waals surface area (Å²) in [5.74, 6) is 0.707. The number of aryl methyl sites for hydroxylation is 1. The zero-order valence-electron chi connectivity index (χ0n) is 15.9. The zero-order valence-corrected chi connectivity index (χ0v) is 15.9. The molecule has 5 nitrogen and oxygen atoms in total. The van der Waals surface area contributed by atoms with E-state index in [2.05, 4.69) is 0 Å². The average molecular weight is 366 g/mol. The fraction of sp³-hybridized carbons (Fsp3) is 0.364. The number of carbonyl (C=O) groups excluding carboxylic acids is 2. The quantitative estimate of drug-likeness (QED) is 0.553. The molecule has 0 radical (unpaired) electrons. The Labute approximate surface area is 160 Å². The number of fused-ring (bicyclic) bond motifs is 1. The number of amides is 2. The maximum Gasteiger partial charge on any atom is 0.231 e. The van der Waals surface area contributed by atoms with Crippen LogP contribution in [0, 0.1) is 12.8 Å². The fourth-order valence-electron chi connectivity index (χ4n) is 3.39. The van der Waals surface area contributed by atoms with Crippen molar-refractivity contribution in [2.45, 2.75) is 26.7 Å². The molecular weight excluding hydrogens is 340 g/mol. The molecule has 0 spiro atoms. The molecule has 1 aliphatic heterocycles. The highest BCUT2D eigenvalue weighted by Gasteiger charge is 2.30. The van der Waals surface area contributed by atoms with Gasteiger partial charge in [-0.3, -0.25) is 9.59 Å². The number of carbonyl (C=O) groups is 2. The second-order valence-corrected chi connectivity index (χ2v) is 7.01. The maximum absolute atomic E-state index is 12.8. The van der Waals surface area contributed by atoms with E-state index < -0.39 is 0 Å². The van der Waals surface area contributed by atoms with Gasteiger partial charge < -0.3 is 14.5 Å². The standard InChI is InChI=1S/C22H26N2O3/c1-17-8-7-9-19(14-17)27-13-6-5-12-24-21-11-4-3-10-20(21)23(16-25)15-18(2)22(24)26/h3-4,7-11,14,16,18H,5-6,12-13,15H2,1-2H3. The SMILES string of the molecule is Cc1cccc(OCCCCN2C(=O)C(C)CN(C=O)c3ccccc32)c1. The van der Waals surface area contributed by atoms with Crippen molar-refractivity contribution in [1.82, 2.24) is 0 Å². The van der Waals surface area contributed by atoms with Crippen molar-refractivity contribution >= 4 is 23.7 Å². The Kier molecular flexibility index (Phi) is 6.12. The van der Waals surface area contributed by atoms with E-state index in [0.29, 0.717) is 19.7 Å². The summed E-state index contributed by atoms with van der Waals surface area (Å²) >= 11 is 0. The molecule has 1 aliphatic rings. The van der Waals surface area contributed by atoms with Crippen molar-refractivity contribution in [2.24, 2.45) is 5.92 Å². The second kappa shape index (κ2) is 8.71. The fourth-order valence-corrected chi connectivity index (χ4v) is 3.39. The Morgan fingerprint density at radius 1 is 1.11 bits per heavy atom. The van der Waals surface area contributed by atoms with Gasteiger partial charge in [0, 0.05) is 13.1 Å². The Morgan fingerprint density at radius 2 is 1.89 bits per heavy atom. The van der Waals surface area contributed by atoms with Gasteiger partial charge in [-0.15, -0.1) is 0 Å². The van der Waals surface area contributed by atoms with E-state index in [4.69, 9.17) is 4.74 Å². The van der Waals surface area contributed by atoms with Crippen molar-refractivity contribution in [1.29, 1.82) is 0 Å². The number of ether oxygens (including phenoxy) is 1. The summed E-state index contributed by atoms with van der Waals surface area (Å²) in [7, 11) is 0. The van der Waals surface area contributed by atoms with E-state index in [9.17, 15) is 9.59 Å². The zero-order chi connectivity index (χ0) is 19.2. The van der Waals surface area contributed by atoms with E-state index in [1.165, 1.54) is 5.56 Å². The van der Waals surface area contributed by atoms with Gasteiger partial charge in [-0.05, 0) is 49.6 Å². The molecule has 1 heterocycles. The highest BCUT2D eigenvalue weighted by atomic mass is 16.5. The van der Waals surface area contributed by atoms with Gasteiger partial charge in [-0.1, -0.05) is 31.2 Å². The number of anilines is 2. The van der Waals surface area contributed by atoms with Gasteiger partial charge in [0.15, 0.2) is 0 Å². The third-order valence-corrected chi connectivity index (χ3v) is 4.80. The minimum absolute atomic E-state index is 0.0615. The number of hydrogen-bond acceptors (Lipinski definition) is 3. The summed E-state index contributed by atoms with van der Waals surface area (Å²) < 4.78 is 5.79. The molecule has 0 fully saturated rings. The molecule has 0 N–H and O–H groups in total. The minimum atomic E-state index is -0.230. The lowest BCUT2D eigenvalue weighted by Crippen LogP contribution is -2.37. The van der Waals surface area contributed by atoms with Gasteiger partial charge in [0.2, 0.25) is 12.3 Å². The third-order valence-electron chi connectivity index (χ3n) is 4.80. The van der Waals surface area contributed by atoms with Gasteiger partial charge in [0.05, 0.1) is 23.9 Å². The van der Waals surface area contributed by atoms with Crippen LogP contribution in [0.4, 0.5) is 11.4 Å². The smallest absolute Gasteiger partial charge is 0.231 e. The topological polar surface area (TPSA) is 49.9 Å². The van der Waals surface area contributed by atoms with Gasteiger partial charge in [-0.2, -0.15) is 0 Å². The van der Waals surface area contributed by atoms with Crippen molar-refractivity contribution in [3.63, 3.8) is 0 Å². The van der Waals surface area contributed by atoms with Crippen LogP contribution in [0.25, 0.3) is 0 Å². The third kappa shape index (κ3) is 4.48. The number of rotatable bonds is 7. The van der Waals surface area contributed by atoms with Crippen LogP contribution in [0.1, 0.15) is 25.3 Å². The number of unbranched alkanes of at least 4 members (excludes halogenated alkanes) is 1. The van der Waals surface area contributed by atoms with Crippen molar-refractivity contribution in [3.05, 3.63) is 54.1 Å². The lowest BCUT2D eigenvalue weighted by molar-refractivity contribution is -0.121. The lowest BCUT2D eigenvalue weighted by Gasteiger charge is -2.24. The molecule has 0 saturated heterocycles. The van der Waals surface area contributed by atoms with E-state index in [0.717, 1.165) is 36.4 Å². The summed E-state index contributed by atoms with van der Waals surface area (Å²) in [6.07, 6.45) is 2.49. The molecule has 3 rings (SSSR count).